The number of benzene rings is 1. The summed E-state index contributed by atoms with van der Waals surface area (Å²) in [5.41, 5.74) is 7.96. The van der Waals surface area contributed by atoms with E-state index in [1.54, 1.807) is 0 Å². The molecular weight excluding hydrogens is 172 g/mol. The molecule has 0 unspecified atom stereocenters. The highest BCUT2D eigenvalue weighted by Gasteiger charge is 2.19. The van der Waals surface area contributed by atoms with Crippen LogP contribution in [0.5, 0.6) is 0 Å². The van der Waals surface area contributed by atoms with E-state index in [1.165, 1.54) is 24.9 Å². The van der Waals surface area contributed by atoms with E-state index in [0.29, 0.717) is 0 Å². The topological polar surface area (TPSA) is 29.3 Å². The van der Waals surface area contributed by atoms with E-state index in [4.69, 9.17) is 5.73 Å². The average molecular weight is 190 g/mol. The minimum Gasteiger partial charge on any atom is -0.397 e. The van der Waals surface area contributed by atoms with Crippen molar-refractivity contribution in [2.45, 2.75) is 19.3 Å². The first kappa shape index (κ1) is 9.38. The molecule has 0 radical (unpaired) electrons. The van der Waals surface area contributed by atoms with Gasteiger partial charge < -0.3 is 10.6 Å². The van der Waals surface area contributed by atoms with Gasteiger partial charge in [-0.05, 0) is 30.9 Å². The van der Waals surface area contributed by atoms with E-state index in [2.05, 4.69) is 18.0 Å². The molecule has 1 aliphatic rings. The van der Waals surface area contributed by atoms with Crippen molar-refractivity contribution < 1.29 is 0 Å². The van der Waals surface area contributed by atoms with Crippen molar-refractivity contribution in [3.05, 3.63) is 24.3 Å². The van der Waals surface area contributed by atoms with Crippen molar-refractivity contribution in [3.63, 3.8) is 0 Å². The summed E-state index contributed by atoms with van der Waals surface area (Å²) < 4.78 is 0. The van der Waals surface area contributed by atoms with Gasteiger partial charge in [0.05, 0.1) is 11.4 Å². The molecule has 0 saturated heterocycles. The van der Waals surface area contributed by atoms with Gasteiger partial charge in [-0.2, -0.15) is 0 Å². The molecule has 0 atom stereocenters. The third-order valence-corrected chi connectivity index (χ3v) is 3.10. The van der Waals surface area contributed by atoms with Crippen molar-refractivity contribution >= 4 is 11.4 Å². The number of nitrogen functional groups attached to an aromatic ring is 1. The summed E-state index contributed by atoms with van der Waals surface area (Å²) in [7, 11) is 2.13. The molecule has 1 fully saturated rings. The fraction of sp³-hybridized carbons (Fsp3) is 0.500. The Morgan fingerprint density at radius 2 is 2.07 bits per heavy atom. The quantitative estimate of drug-likeness (QED) is 0.742. The number of hydrogen-bond acceptors (Lipinski definition) is 2. The van der Waals surface area contributed by atoms with Crippen LogP contribution in [-0.2, 0) is 0 Å². The van der Waals surface area contributed by atoms with Gasteiger partial charge >= 0.3 is 0 Å². The summed E-state index contributed by atoms with van der Waals surface area (Å²) in [6.07, 6.45) is 4.18. The molecule has 2 heteroatoms. The van der Waals surface area contributed by atoms with Gasteiger partial charge in [-0.3, -0.25) is 0 Å². The van der Waals surface area contributed by atoms with Crippen molar-refractivity contribution in [3.8, 4) is 0 Å². The number of hydrogen-bond donors (Lipinski definition) is 1. The number of rotatable bonds is 3. The molecule has 2 rings (SSSR count). The first-order chi connectivity index (χ1) is 6.77. The maximum Gasteiger partial charge on any atom is 0.0597 e. The Labute approximate surface area is 85.7 Å². The fourth-order valence-electron chi connectivity index (χ4n) is 2.00. The predicted octanol–water partition coefficient (Wildman–Crippen LogP) is 2.51. The van der Waals surface area contributed by atoms with Gasteiger partial charge in [0.15, 0.2) is 0 Å². The highest BCUT2D eigenvalue weighted by Crippen LogP contribution is 2.29. The van der Waals surface area contributed by atoms with E-state index in [-0.39, 0.29) is 0 Å². The van der Waals surface area contributed by atoms with Crippen LogP contribution in [0.2, 0.25) is 0 Å². The second-order valence-electron chi connectivity index (χ2n) is 4.24. The largest absolute Gasteiger partial charge is 0.397 e. The summed E-state index contributed by atoms with van der Waals surface area (Å²) in [6.45, 7) is 1.15. The Balaban J connectivity index is 2.02. The van der Waals surface area contributed by atoms with Gasteiger partial charge in [0.2, 0.25) is 0 Å². The summed E-state index contributed by atoms with van der Waals surface area (Å²) in [6, 6.07) is 8.08. The number of para-hydroxylation sites is 2. The lowest BCUT2D eigenvalue weighted by Crippen LogP contribution is -2.29. The summed E-state index contributed by atoms with van der Waals surface area (Å²) in [5.74, 6) is 0.889. The molecule has 0 spiro atoms. The smallest absolute Gasteiger partial charge is 0.0597 e. The second kappa shape index (κ2) is 3.91. The number of nitrogens with two attached hydrogens (primary N) is 1. The van der Waals surface area contributed by atoms with Crippen molar-refractivity contribution in [2.75, 3.05) is 24.2 Å². The van der Waals surface area contributed by atoms with E-state index < -0.39 is 0 Å². The van der Waals surface area contributed by atoms with Gasteiger partial charge in [-0.1, -0.05) is 18.6 Å². The molecule has 0 aliphatic heterocycles. The normalized spacial score (nSPS) is 16.4. The minimum atomic E-state index is 0.884. The maximum atomic E-state index is 5.91. The van der Waals surface area contributed by atoms with Gasteiger partial charge in [0.1, 0.15) is 0 Å². The van der Waals surface area contributed by atoms with Crippen LogP contribution in [0, 0.1) is 5.92 Å². The molecule has 1 saturated carbocycles. The van der Waals surface area contributed by atoms with Gasteiger partial charge in [0.25, 0.3) is 0 Å². The molecule has 2 nitrogen and oxygen atoms in total. The zero-order valence-corrected chi connectivity index (χ0v) is 8.74. The average Bonchev–Trinajstić information content (AvgIpc) is 2.12. The Bertz CT molecular complexity index is 305. The van der Waals surface area contributed by atoms with Gasteiger partial charge in [0, 0.05) is 13.6 Å². The first-order valence-electron chi connectivity index (χ1n) is 5.33. The lowest BCUT2D eigenvalue weighted by molar-refractivity contribution is 0.321. The van der Waals surface area contributed by atoms with E-state index in [0.717, 1.165) is 18.2 Å². The third-order valence-electron chi connectivity index (χ3n) is 3.10. The molecule has 1 aliphatic carbocycles. The first-order valence-corrected chi connectivity index (χ1v) is 5.33. The van der Waals surface area contributed by atoms with E-state index >= 15 is 0 Å². The number of anilines is 2. The van der Waals surface area contributed by atoms with Crippen molar-refractivity contribution in [2.24, 2.45) is 5.92 Å². The second-order valence-corrected chi connectivity index (χ2v) is 4.24. The summed E-state index contributed by atoms with van der Waals surface area (Å²) >= 11 is 0. The lowest BCUT2D eigenvalue weighted by Gasteiger charge is -2.31. The molecular formula is C12H18N2. The van der Waals surface area contributed by atoms with Gasteiger partial charge in [-0.25, -0.2) is 0 Å². The molecule has 1 aromatic rings. The molecule has 0 bridgehead atoms. The Kier molecular flexibility index (Phi) is 2.62. The number of nitrogens with zero attached hydrogens (tertiary/aromatic N) is 1. The summed E-state index contributed by atoms with van der Waals surface area (Å²) in [5, 5.41) is 0. The van der Waals surface area contributed by atoms with Crippen LogP contribution in [0.15, 0.2) is 24.3 Å². The van der Waals surface area contributed by atoms with E-state index in [1.807, 2.05) is 18.2 Å². The maximum absolute atomic E-state index is 5.91. The van der Waals surface area contributed by atoms with Crippen molar-refractivity contribution in [1.82, 2.24) is 0 Å². The highest BCUT2D eigenvalue weighted by atomic mass is 15.1. The van der Waals surface area contributed by atoms with Crippen LogP contribution in [0.3, 0.4) is 0 Å². The Morgan fingerprint density at radius 1 is 1.36 bits per heavy atom. The lowest BCUT2D eigenvalue weighted by atomic mass is 9.85. The van der Waals surface area contributed by atoms with E-state index in [9.17, 15) is 0 Å². The standard InChI is InChI=1S/C12H18N2/c1-14(9-10-5-4-6-10)12-8-3-2-7-11(12)13/h2-3,7-8,10H,4-6,9,13H2,1H3. The highest BCUT2D eigenvalue weighted by molar-refractivity contribution is 5.66. The van der Waals surface area contributed by atoms with Gasteiger partial charge in [-0.15, -0.1) is 0 Å². The monoisotopic (exact) mass is 190 g/mol. The zero-order chi connectivity index (χ0) is 9.97. The molecule has 76 valence electrons. The zero-order valence-electron chi connectivity index (χ0n) is 8.74. The van der Waals surface area contributed by atoms with Crippen LogP contribution < -0.4 is 10.6 Å². The Morgan fingerprint density at radius 3 is 2.64 bits per heavy atom. The van der Waals surface area contributed by atoms with Crippen LogP contribution in [0.4, 0.5) is 11.4 Å². The molecule has 0 amide bonds. The SMILES string of the molecule is CN(CC1CCC1)c1ccccc1N. The Hall–Kier alpha value is -1.18. The molecule has 0 heterocycles. The predicted molar refractivity (Wildman–Crippen MR) is 61.5 cm³/mol. The molecule has 1 aromatic carbocycles. The summed E-state index contributed by atoms with van der Waals surface area (Å²) in [4.78, 5) is 2.28. The molecule has 2 N–H and O–H groups in total. The minimum absolute atomic E-state index is 0.884. The van der Waals surface area contributed by atoms with Crippen LogP contribution in [-0.4, -0.2) is 13.6 Å². The van der Waals surface area contributed by atoms with Crippen LogP contribution >= 0.6 is 0 Å². The fourth-order valence-corrected chi connectivity index (χ4v) is 2.00. The molecule has 14 heavy (non-hydrogen) atoms. The molecule has 0 aromatic heterocycles. The van der Waals surface area contributed by atoms with Crippen LogP contribution in [0.25, 0.3) is 0 Å². The van der Waals surface area contributed by atoms with Crippen molar-refractivity contribution in [1.29, 1.82) is 0 Å². The third kappa shape index (κ3) is 1.84. The van der Waals surface area contributed by atoms with Crippen LogP contribution in [0.1, 0.15) is 19.3 Å².